The predicted octanol–water partition coefficient (Wildman–Crippen LogP) is 6.74. The van der Waals surface area contributed by atoms with Gasteiger partial charge in [-0.2, -0.15) is 15.0 Å². The van der Waals surface area contributed by atoms with Crippen molar-refractivity contribution in [1.29, 1.82) is 0 Å². The van der Waals surface area contributed by atoms with Gasteiger partial charge in [-0.25, -0.2) is 29.1 Å². The number of rotatable bonds is 3. The average molecular weight is 612 g/mol. The standard InChI is InChI=1S/C36H25N11/c1-20-21(2)37-22(3)38-31(20)32-41-33(46-29-18-10-8-16-27(29)44-25-14-6-4-12-23(25)39-35(44)46)43-34(42-32)47-30-19-11-9-17-28(30)45-26-15-7-5-13-24(26)40-36(45)47/h4-19H,1-3H3. The highest BCUT2D eigenvalue weighted by Crippen LogP contribution is 2.32. The lowest BCUT2D eigenvalue weighted by molar-refractivity contribution is 0.868. The van der Waals surface area contributed by atoms with Crippen LogP contribution in [0.3, 0.4) is 0 Å². The molecule has 0 bridgehead atoms. The molecule has 0 atom stereocenters. The highest BCUT2D eigenvalue weighted by molar-refractivity contribution is 5.93. The second-order valence-corrected chi connectivity index (χ2v) is 11.7. The molecule has 11 nitrogen and oxygen atoms in total. The van der Waals surface area contributed by atoms with Crippen molar-refractivity contribution in [1.82, 2.24) is 52.8 Å². The van der Waals surface area contributed by atoms with Crippen molar-refractivity contribution in [3.8, 4) is 23.4 Å². The second-order valence-electron chi connectivity index (χ2n) is 11.7. The third-order valence-electron chi connectivity index (χ3n) is 8.94. The topological polar surface area (TPSA) is 109 Å². The Balaban J connectivity index is 1.37. The minimum atomic E-state index is 0.423. The van der Waals surface area contributed by atoms with Crippen LogP contribution in [0.5, 0.6) is 0 Å². The molecule has 0 N–H and O–H groups in total. The highest BCUT2D eigenvalue weighted by atomic mass is 15.3. The van der Waals surface area contributed by atoms with E-state index >= 15 is 0 Å². The van der Waals surface area contributed by atoms with Crippen molar-refractivity contribution < 1.29 is 0 Å². The fourth-order valence-electron chi connectivity index (χ4n) is 6.74. The second kappa shape index (κ2) is 9.27. The first-order chi connectivity index (χ1) is 23.0. The van der Waals surface area contributed by atoms with Crippen LogP contribution in [-0.2, 0) is 0 Å². The van der Waals surface area contributed by atoms with E-state index in [0.29, 0.717) is 40.8 Å². The number of benzene rings is 4. The van der Waals surface area contributed by atoms with E-state index in [1.807, 2.05) is 90.6 Å². The molecule has 0 saturated carbocycles. The largest absolute Gasteiger partial charge is 0.276 e. The molecule has 0 aliphatic heterocycles. The third-order valence-corrected chi connectivity index (χ3v) is 8.94. The van der Waals surface area contributed by atoms with Crippen molar-refractivity contribution in [2.24, 2.45) is 0 Å². The molecule has 0 fully saturated rings. The first kappa shape index (κ1) is 25.8. The number of imidazole rings is 4. The van der Waals surface area contributed by atoms with Gasteiger partial charge in [0.05, 0.1) is 44.1 Å². The smallest absolute Gasteiger partial charge is 0.242 e. The quantitative estimate of drug-likeness (QED) is 0.218. The zero-order chi connectivity index (χ0) is 31.4. The van der Waals surface area contributed by atoms with Crippen molar-refractivity contribution >= 4 is 55.7 Å². The van der Waals surface area contributed by atoms with E-state index in [1.54, 1.807) is 0 Å². The van der Waals surface area contributed by atoms with Gasteiger partial charge in [0, 0.05) is 5.69 Å². The van der Waals surface area contributed by atoms with E-state index in [4.69, 9.17) is 29.9 Å². The first-order valence-corrected chi connectivity index (χ1v) is 15.4. The highest BCUT2D eigenvalue weighted by Gasteiger charge is 2.24. The maximum Gasteiger partial charge on any atom is 0.242 e. The molecule has 224 valence electrons. The number of hydrogen-bond donors (Lipinski definition) is 0. The van der Waals surface area contributed by atoms with E-state index < -0.39 is 0 Å². The van der Waals surface area contributed by atoms with Crippen LogP contribution in [0.2, 0.25) is 0 Å². The summed E-state index contributed by atoms with van der Waals surface area (Å²) in [4.78, 5) is 35.1. The number of aryl methyl sites for hydroxylation is 2. The molecule has 0 aliphatic rings. The van der Waals surface area contributed by atoms with Crippen molar-refractivity contribution in [3.63, 3.8) is 0 Å². The van der Waals surface area contributed by atoms with E-state index in [2.05, 4.69) is 50.2 Å². The first-order valence-electron chi connectivity index (χ1n) is 15.4. The Hall–Kier alpha value is -6.49. The number of para-hydroxylation sites is 8. The van der Waals surface area contributed by atoms with Crippen LogP contribution in [0.15, 0.2) is 97.1 Å². The molecule has 6 heterocycles. The lowest BCUT2D eigenvalue weighted by atomic mass is 10.2. The van der Waals surface area contributed by atoms with E-state index in [9.17, 15) is 0 Å². The van der Waals surface area contributed by atoms with Crippen molar-refractivity contribution in [2.75, 3.05) is 0 Å². The lowest BCUT2D eigenvalue weighted by Gasteiger charge is -2.12. The summed E-state index contributed by atoms with van der Waals surface area (Å²) in [5, 5.41) is 0. The number of hydrogen-bond acceptors (Lipinski definition) is 7. The Kier molecular flexibility index (Phi) is 5.09. The molecule has 0 amide bonds. The number of fused-ring (bicyclic) bond motifs is 10. The van der Waals surface area contributed by atoms with Crippen LogP contribution in [-0.4, -0.2) is 52.8 Å². The summed E-state index contributed by atoms with van der Waals surface area (Å²) in [5.41, 5.74) is 10.1. The summed E-state index contributed by atoms with van der Waals surface area (Å²) in [6, 6.07) is 32.7. The zero-order valence-corrected chi connectivity index (χ0v) is 25.7. The predicted molar refractivity (Wildman–Crippen MR) is 181 cm³/mol. The van der Waals surface area contributed by atoms with Crippen molar-refractivity contribution in [3.05, 3.63) is 114 Å². The summed E-state index contributed by atoms with van der Waals surface area (Å²) in [5.74, 6) is 3.34. The summed E-state index contributed by atoms with van der Waals surface area (Å²) in [6.45, 7) is 5.87. The van der Waals surface area contributed by atoms with Crippen LogP contribution < -0.4 is 0 Å². The Morgan fingerprint density at radius 3 is 1.38 bits per heavy atom. The molecule has 6 aromatic heterocycles. The molecule has 47 heavy (non-hydrogen) atoms. The Bertz CT molecular complexity index is 2740. The number of aromatic nitrogens is 11. The lowest BCUT2D eigenvalue weighted by Crippen LogP contribution is -2.12. The van der Waals surface area contributed by atoms with Gasteiger partial charge in [0.25, 0.3) is 0 Å². The Labute approximate surface area is 266 Å². The Morgan fingerprint density at radius 2 is 0.872 bits per heavy atom. The van der Waals surface area contributed by atoms with Gasteiger partial charge >= 0.3 is 0 Å². The molecule has 11 heteroatoms. The monoisotopic (exact) mass is 611 g/mol. The molecule has 10 rings (SSSR count). The molecule has 4 aromatic carbocycles. The minimum absolute atomic E-state index is 0.423. The molecular weight excluding hydrogens is 586 g/mol. The fourth-order valence-corrected chi connectivity index (χ4v) is 6.74. The van der Waals surface area contributed by atoms with Gasteiger partial charge in [-0.3, -0.25) is 8.80 Å². The van der Waals surface area contributed by atoms with E-state index in [0.717, 1.165) is 55.4 Å². The normalized spacial score (nSPS) is 12.1. The average Bonchev–Trinajstić information content (AvgIpc) is 3.82. The molecule has 0 radical (unpaired) electrons. The van der Waals surface area contributed by atoms with Gasteiger partial charge in [-0.05, 0) is 74.9 Å². The molecule has 0 saturated heterocycles. The number of nitrogens with zero attached hydrogens (tertiary/aromatic N) is 11. The maximum absolute atomic E-state index is 5.21. The van der Waals surface area contributed by atoms with Gasteiger partial charge in [0.1, 0.15) is 11.5 Å². The Morgan fingerprint density at radius 1 is 0.426 bits per heavy atom. The van der Waals surface area contributed by atoms with Gasteiger partial charge in [-0.1, -0.05) is 48.5 Å². The zero-order valence-electron chi connectivity index (χ0n) is 25.7. The summed E-state index contributed by atoms with van der Waals surface area (Å²) < 4.78 is 8.32. The molecular formula is C36H25N11. The summed E-state index contributed by atoms with van der Waals surface area (Å²) in [7, 11) is 0. The third kappa shape index (κ3) is 3.53. The van der Waals surface area contributed by atoms with Gasteiger partial charge in [-0.15, -0.1) is 0 Å². The van der Waals surface area contributed by atoms with Gasteiger partial charge in [0.15, 0.2) is 5.82 Å². The molecule has 0 unspecified atom stereocenters. The fraction of sp³-hybridized carbons (Fsp3) is 0.0833. The summed E-state index contributed by atoms with van der Waals surface area (Å²) >= 11 is 0. The maximum atomic E-state index is 5.21. The van der Waals surface area contributed by atoms with Crippen molar-refractivity contribution in [2.45, 2.75) is 20.8 Å². The van der Waals surface area contributed by atoms with Gasteiger partial charge < -0.3 is 0 Å². The van der Waals surface area contributed by atoms with Crippen LogP contribution in [0.4, 0.5) is 0 Å². The van der Waals surface area contributed by atoms with Gasteiger partial charge in [0.2, 0.25) is 23.5 Å². The molecule has 0 spiro atoms. The van der Waals surface area contributed by atoms with E-state index in [1.165, 1.54) is 0 Å². The molecule has 0 aliphatic carbocycles. The summed E-state index contributed by atoms with van der Waals surface area (Å²) in [6.07, 6.45) is 0. The minimum Gasteiger partial charge on any atom is -0.276 e. The molecule has 10 aromatic rings. The van der Waals surface area contributed by atoms with Crippen LogP contribution in [0, 0.1) is 20.8 Å². The van der Waals surface area contributed by atoms with Crippen LogP contribution in [0.1, 0.15) is 17.1 Å². The van der Waals surface area contributed by atoms with Crippen LogP contribution in [0.25, 0.3) is 79.1 Å². The van der Waals surface area contributed by atoms with E-state index in [-0.39, 0.29) is 0 Å². The SMILES string of the molecule is Cc1nc(C)c(C)c(-c2nc(-n3c4ccccc4n4c5ccccc5nc34)nc(-n3c4ccccc4n4c5ccccc5nc34)n2)n1. The van der Waals surface area contributed by atoms with Crippen LogP contribution >= 0.6 is 0 Å².